The van der Waals surface area contributed by atoms with Gasteiger partial charge in [0.2, 0.25) is 10.0 Å². The van der Waals surface area contributed by atoms with Crippen LogP contribution in [0.3, 0.4) is 0 Å². The molecule has 0 N–H and O–H groups in total. The van der Waals surface area contributed by atoms with Crippen LogP contribution in [0.2, 0.25) is 0 Å². The van der Waals surface area contributed by atoms with Crippen molar-refractivity contribution in [1.29, 1.82) is 5.26 Å². The third-order valence-corrected chi connectivity index (χ3v) is 6.69. The Bertz CT molecular complexity index is 943. The summed E-state index contributed by atoms with van der Waals surface area (Å²) in [5.74, 6) is 0. The third kappa shape index (κ3) is 2.29. The molecule has 1 fully saturated rings. The fraction of sp³-hybridized carbons (Fsp3) is 0.278. The SMILES string of the molecule is N#CN1Cc2cccc(-c3ccccc3S(=O)(=O)N3CCC3)c2C1. The van der Waals surface area contributed by atoms with E-state index in [2.05, 4.69) is 6.19 Å². The lowest BCUT2D eigenvalue weighted by molar-refractivity contribution is 0.309. The second-order valence-electron chi connectivity index (χ2n) is 6.15. The Labute approximate surface area is 141 Å². The van der Waals surface area contributed by atoms with E-state index in [1.54, 1.807) is 17.0 Å². The van der Waals surface area contributed by atoms with Gasteiger partial charge in [-0.25, -0.2) is 8.42 Å². The molecular formula is C18H17N3O2S. The lowest BCUT2D eigenvalue weighted by Crippen LogP contribution is -2.42. The lowest BCUT2D eigenvalue weighted by Gasteiger charge is -2.30. The summed E-state index contributed by atoms with van der Waals surface area (Å²) in [6.45, 7) is 2.29. The van der Waals surface area contributed by atoms with E-state index in [0.29, 0.717) is 31.1 Å². The lowest BCUT2D eigenvalue weighted by atomic mass is 9.97. The van der Waals surface area contributed by atoms with Crippen LogP contribution in [0.5, 0.6) is 0 Å². The van der Waals surface area contributed by atoms with Gasteiger partial charge in [-0.15, -0.1) is 0 Å². The van der Waals surface area contributed by atoms with Crippen LogP contribution in [-0.2, 0) is 23.1 Å². The van der Waals surface area contributed by atoms with E-state index in [4.69, 9.17) is 5.26 Å². The zero-order chi connectivity index (χ0) is 16.7. The summed E-state index contributed by atoms with van der Waals surface area (Å²) in [5, 5.41) is 9.17. The van der Waals surface area contributed by atoms with E-state index < -0.39 is 10.0 Å². The van der Waals surface area contributed by atoms with Gasteiger partial charge in [-0.1, -0.05) is 36.4 Å². The van der Waals surface area contributed by atoms with Crippen LogP contribution in [0, 0.1) is 11.5 Å². The standard InChI is InChI=1S/C18H17N3O2S/c19-13-20-11-14-5-3-7-15(17(14)12-20)16-6-1-2-8-18(16)24(22,23)21-9-4-10-21/h1-3,5-8H,4,9-12H2. The summed E-state index contributed by atoms with van der Waals surface area (Å²) in [6, 6.07) is 13.0. The number of fused-ring (bicyclic) bond motifs is 1. The number of benzene rings is 2. The van der Waals surface area contributed by atoms with Gasteiger partial charge in [0.15, 0.2) is 6.19 Å². The van der Waals surface area contributed by atoms with Crippen molar-refractivity contribution >= 4 is 10.0 Å². The molecule has 24 heavy (non-hydrogen) atoms. The van der Waals surface area contributed by atoms with Gasteiger partial charge in [0, 0.05) is 18.7 Å². The molecule has 0 bridgehead atoms. The van der Waals surface area contributed by atoms with Gasteiger partial charge >= 0.3 is 0 Å². The monoisotopic (exact) mass is 339 g/mol. The molecule has 2 aromatic rings. The molecule has 0 saturated carbocycles. The Morgan fingerprint density at radius 1 is 0.958 bits per heavy atom. The number of hydrogen-bond donors (Lipinski definition) is 0. The summed E-state index contributed by atoms with van der Waals surface area (Å²) in [7, 11) is -3.46. The number of nitriles is 1. The van der Waals surface area contributed by atoms with Crippen LogP contribution in [0.25, 0.3) is 11.1 Å². The molecule has 0 aromatic heterocycles. The van der Waals surface area contributed by atoms with E-state index in [0.717, 1.165) is 28.7 Å². The second-order valence-corrected chi connectivity index (χ2v) is 8.06. The van der Waals surface area contributed by atoms with E-state index in [-0.39, 0.29) is 0 Å². The summed E-state index contributed by atoms with van der Waals surface area (Å²) in [5.41, 5.74) is 3.77. The van der Waals surface area contributed by atoms with Crippen LogP contribution < -0.4 is 0 Å². The van der Waals surface area contributed by atoms with E-state index in [1.165, 1.54) is 4.31 Å². The van der Waals surface area contributed by atoms with Gasteiger partial charge in [-0.05, 0) is 29.2 Å². The van der Waals surface area contributed by atoms with Gasteiger partial charge in [0.1, 0.15) is 0 Å². The van der Waals surface area contributed by atoms with Gasteiger partial charge in [0.05, 0.1) is 18.0 Å². The zero-order valence-corrected chi connectivity index (χ0v) is 14.0. The van der Waals surface area contributed by atoms with Crippen molar-refractivity contribution in [3.63, 3.8) is 0 Å². The number of nitrogens with zero attached hydrogens (tertiary/aromatic N) is 3. The van der Waals surface area contributed by atoms with Crippen molar-refractivity contribution < 1.29 is 8.42 Å². The first-order chi connectivity index (χ1) is 11.6. The van der Waals surface area contributed by atoms with Crippen LogP contribution in [-0.4, -0.2) is 30.7 Å². The first-order valence-electron chi connectivity index (χ1n) is 7.96. The molecule has 1 saturated heterocycles. The minimum atomic E-state index is -3.46. The molecule has 5 nitrogen and oxygen atoms in total. The quantitative estimate of drug-likeness (QED) is 0.806. The summed E-state index contributed by atoms with van der Waals surface area (Å²) < 4.78 is 27.3. The predicted molar refractivity (Wildman–Crippen MR) is 90.1 cm³/mol. The van der Waals surface area contributed by atoms with Gasteiger partial charge in [-0.2, -0.15) is 9.57 Å². The van der Waals surface area contributed by atoms with E-state index in [1.807, 2.05) is 30.3 Å². The molecule has 0 aliphatic carbocycles. The average Bonchev–Trinajstić information content (AvgIpc) is 2.96. The molecule has 2 aliphatic heterocycles. The number of rotatable bonds is 3. The first-order valence-corrected chi connectivity index (χ1v) is 9.40. The van der Waals surface area contributed by atoms with Crippen molar-refractivity contribution in [3.8, 4) is 17.3 Å². The first kappa shape index (κ1) is 15.2. The highest BCUT2D eigenvalue weighted by molar-refractivity contribution is 7.89. The molecule has 6 heteroatoms. The summed E-state index contributed by atoms with van der Waals surface area (Å²) in [6.07, 6.45) is 3.09. The molecular weight excluding hydrogens is 322 g/mol. The maximum Gasteiger partial charge on any atom is 0.243 e. The maximum atomic E-state index is 12.9. The molecule has 0 spiro atoms. The number of hydrogen-bond acceptors (Lipinski definition) is 4. The summed E-state index contributed by atoms with van der Waals surface area (Å²) >= 11 is 0. The molecule has 2 aliphatic rings. The normalized spacial score (nSPS) is 17.2. The highest BCUT2D eigenvalue weighted by Crippen LogP contribution is 2.37. The Kier molecular flexibility index (Phi) is 3.56. The van der Waals surface area contributed by atoms with Crippen molar-refractivity contribution in [2.45, 2.75) is 24.4 Å². The number of sulfonamides is 1. The molecule has 0 radical (unpaired) electrons. The van der Waals surface area contributed by atoms with Crippen molar-refractivity contribution in [2.24, 2.45) is 0 Å². The van der Waals surface area contributed by atoms with E-state index in [9.17, 15) is 8.42 Å². The van der Waals surface area contributed by atoms with Crippen LogP contribution in [0.1, 0.15) is 17.5 Å². The summed E-state index contributed by atoms with van der Waals surface area (Å²) in [4.78, 5) is 2.04. The molecule has 0 atom stereocenters. The Hall–Kier alpha value is -2.36. The average molecular weight is 339 g/mol. The van der Waals surface area contributed by atoms with Gasteiger partial charge in [0.25, 0.3) is 0 Å². The molecule has 4 rings (SSSR count). The van der Waals surface area contributed by atoms with Crippen molar-refractivity contribution in [3.05, 3.63) is 53.6 Å². The van der Waals surface area contributed by atoms with Crippen LogP contribution in [0.4, 0.5) is 0 Å². The minimum Gasteiger partial charge on any atom is -0.302 e. The van der Waals surface area contributed by atoms with Crippen molar-refractivity contribution in [1.82, 2.24) is 9.21 Å². The molecule has 0 unspecified atom stereocenters. The van der Waals surface area contributed by atoms with Crippen molar-refractivity contribution in [2.75, 3.05) is 13.1 Å². The minimum absolute atomic E-state index is 0.355. The second kappa shape index (κ2) is 5.62. The third-order valence-electron chi connectivity index (χ3n) is 4.73. The van der Waals surface area contributed by atoms with Gasteiger partial charge in [-0.3, -0.25) is 0 Å². The Morgan fingerprint density at radius 2 is 1.71 bits per heavy atom. The molecule has 122 valence electrons. The van der Waals surface area contributed by atoms with Crippen LogP contribution in [0.15, 0.2) is 47.4 Å². The topological polar surface area (TPSA) is 64.4 Å². The predicted octanol–water partition coefficient (Wildman–Crippen LogP) is 2.54. The Balaban J connectivity index is 1.86. The molecule has 2 aromatic carbocycles. The van der Waals surface area contributed by atoms with Crippen LogP contribution >= 0.6 is 0 Å². The highest BCUT2D eigenvalue weighted by atomic mass is 32.2. The van der Waals surface area contributed by atoms with E-state index >= 15 is 0 Å². The van der Waals surface area contributed by atoms with Gasteiger partial charge < -0.3 is 4.90 Å². The fourth-order valence-electron chi connectivity index (χ4n) is 3.33. The Morgan fingerprint density at radius 3 is 2.42 bits per heavy atom. The fourth-order valence-corrected chi connectivity index (χ4v) is 5.05. The molecule has 0 amide bonds. The highest BCUT2D eigenvalue weighted by Gasteiger charge is 2.32. The maximum absolute atomic E-state index is 12.9. The molecule has 2 heterocycles. The largest absolute Gasteiger partial charge is 0.302 e. The zero-order valence-electron chi connectivity index (χ0n) is 13.1. The smallest absolute Gasteiger partial charge is 0.243 e.